The van der Waals surface area contributed by atoms with Crippen LogP contribution >= 0.6 is 0 Å². The zero-order chi connectivity index (χ0) is 8.97. The molecule has 0 radical (unpaired) electrons. The van der Waals surface area contributed by atoms with E-state index in [0.29, 0.717) is 17.2 Å². The Balaban J connectivity index is 2.78. The minimum Gasteiger partial charge on any atom is -0.336 e. The lowest BCUT2D eigenvalue weighted by Gasteiger charge is -2.00. The molecule has 0 aliphatic rings. The van der Waals surface area contributed by atoms with Crippen molar-refractivity contribution in [2.75, 3.05) is 7.11 Å². The fraction of sp³-hybridized carbons (Fsp3) is 0.250. The van der Waals surface area contributed by atoms with Crippen LogP contribution in [-0.2, 0) is 4.89 Å². The zero-order valence-corrected chi connectivity index (χ0v) is 7.00. The Morgan fingerprint density at radius 1 is 1.50 bits per heavy atom. The molecule has 0 aliphatic heterocycles. The van der Waals surface area contributed by atoms with Crippen LogP contribution in [0.5, 0.6) is 5.75 Å². The minimum absolute atomic E-state index is 0.430. The van der Waals surface area contributed by atoms with Crippen molar-refractivity contribution < 1.29 is 9.78 Å². The second-order valence-corrected chi connectivity index (χ2v) is 2.25. The molecule has 1 aromatic rings. The van der Waals surface area contributed by atoms with Gasteiger partial charge < -0.3 is 10.3 Å². The monoisotopic (exact) mass is 166 g/mol. The fourth-order valence-corrected chi connectivity index (χ4v) is 0.748. The quantitative estimate of drug-likeness (QED) is 0.419. The Morgan fingerprint density at radius 2 is 2.25 bits per heavy atom. The molecule has 0 unspecified atom stereocenters. The first-order valence-corrected chi connectivity index (χ1v) is 3.46. The number of pyridine rings is 1. The van der Waals surface area contributed by atoms with Crippen LogP contribution in [0.1, 0.15) is 12.6 Å². The van der Waals surface area contributed by atoms with Gasteiger partial charge in [0.1, 0.15) is 0 Å². The Bertz CT molecular complexity index is 269. The van der Waals surface area contributed by atoms with E-state index in [-0.39, 0.29) is 0 Å². The lowest BCUT2D eigenvalue weighted by Crippen LogP contribution is -1.97. The maximum atomic E-state index is 7.27. The van der Waals surface area contributed by atoms with Gasteiger partial charge >= 0.3 is 0 Å². The molecule has 0 amide bonds. The predicted molar refractivity (Wildman–Crippen MR) is 44.4 cm³/mol. The van der Waals surface area contributed by atoms with Gasteiger partial charge in [-0.3, -0.25) is 4.98 Å². The molecule has 64 valence electrons. The van der Waals surface area contributed by atoms with Gasteiger partial charge in [0.05, 0.1) is 24.7 Å². The van der Waals surface area contributed by atoms with E-state index in [2.05, 4.69) is 9.87 Å². The number of rotatable bonds is 3. The van der Waals surface area contributed by atoms with Crippen molar-refractivity contribution in [3.63, 3.8) is 0 Å². The van der Waals surface area contributed by atoms with Gasteiger partial charge in [-0.15, -0.1) is 0 Å². The van der Waals surface area contributed by atoms with Crippen LogP contribution in [-0.4, -0.2) is 17.8 Å². The van der Waals surface area contributed by atoms with E-state index in [0.717, 1.165) is 0 Å². The molecule has 4 heteroatoms. The van der Waals surface area contributed by atoms with E-state index in [1.807, 2.05) is 0 Å². The van der Waals surface area contributed by atoms with Crippen molar-refractivity contribution in [2.24, 2.45) is 0 Å². The molecule has 1 rings (SSSR count). The molecule has 4 nitrogen and oxygen atoms in total. The van der Waals surface area contributed by atoms with Gasteiger partial charge in [-0.05, 0) is 19.1 Å². The van der Waals surface area contributed by atoms with E-state index in [1.165, 1.54) is 13.3 Å². The van der Waals surface area contributed by atoms with Crippen molar-refractivity contribution in [1.82, 2.24) is 4.98 Å². The van der Waals surface area contributed by atoms with Crippen molar-refractivity contribution in [1.29, 1.82) is 5.41 Å². The lowest BCUT2D eigenvalue weighted by molar-refractivity contribution is -0.178. The smallest absolute Gasteiger partial charge is 0.183 e. The van der Waals surface area contributed by atoms with Crippen molar-refractivity contribution in [3.8, 4) is 5.75 Å². The first-order valence-electron chi connectivity index (χ1n) is 3.46. The summed E-state index contributed by atoms with van der Waals surface area (Å²) in [5.41, 5.74) is 1.07. The van der Waals surface area contributed by atoms with Gasteiger partial charge in [-0.1, -0.05) is 0 Å². The van der Waals surface area contributed by atoms with Crippen LogP contribution in [0.25, 0.3) is 0 Å². The maximum absolute atomic E-state index is 7.27. The molecule has 0 aromatic carbocycles. The Labute approximate surface area is 70.6 Å². The van der Waals surface area contributed by atoms with Gasteiger partial charge in [0.2, 0.25) is 0 Å². The van der Waals surface area contributed by atoms with Crippen LogP contribution in [0.4, 0.5) is 0 Å². The second kappa shape index (κ2) is 3.82. The summed E-state index contributed by atoms with van der Waals surface area (Å²) in [5.74, 6) is 0.530. The normalized spacial score (nSPS) is 9.50. The van der Waals surface area contributed by atoms with Gasteiger partial charge in [0, 0.05) is 0 Å². The lowest BCUT2D eigenvalue weighted by atomic mass is 10.2. The third-order valence-electron chi connectivity index (χ3n) is 1.30. The van der Waals surface area contributed by atoms with Crippen molar-refractivity contribution in [2.45, 2.75) is 6.92 Å². The molecular formula is C8H10N2O2. The first-order chi connectivity index (χ1) is 5.74. The van der Waals surface area contributed by atoms with E-state index >= 15 is 0 Å². The highest BCUT2D eigenvalue weighted by Gasteiger charge is 1.97. The van der Waals surface area contributed by atoms with Gasteiger partial charge in [0.25, 0.3) is 0 Å². The summed E-state index contributed by atoms with van der Waals surface area (Å²) in [6.45, 7) is 1.68. The van der Waals surface area contributed by atoms with Crippen LogP contribution < -0.4 is 4.89 Å². The molecule has 1 heterocycles. The molecule has 0 saturated heterocycles. The number of nitrogens with one attached hydrogen (secondary N) is 1. The van der Waals surface area contributed by atoms with Crippen LogP contribution in [0.2, 0.25) is 0 Å². The average Bonchev–Trinajstić information content (AvgIpc) is 2.06. The third-order valence-corrected chi connectivity index (χ3v) is 1.30. The Morgan fingerprint density at radius 3 is 2.67 bits per heavy atom. The summed E-state index contributed by atoms with van der Waals surface area (Å²) in [6.07, 6.45) is 1.51. The predicted octanol–water partition coefficient (Wildman–Crippen LogP) is 1.41. The van der Waals surface area contributed by atoms with Crippen LogP contribution in [0.15, 0.2) is 18.3 Å². The SMILES string of the molecule is COOc1ccc(C(C)=N)nc1. The molecule has 0 saturated carbocycles. The summed E-state index contributed by atoms with van der Waals surface area (Å²) < 4.78 is 0. The molecule has 12 heavy (non-hydrogen) atoms. The summed E-state index contributed by atoms with van der Waals surface area (Å²) in [6, 6.07) is 3.40. The highest BCUT2D eigenvalue weighted by molar-refractivity contribution is 5.94. The number of hydrogen-bond acceptors (Lipinski definition) is 4. The third kappa shape index (κ3) is 2.03. The summed E-state index contributed by atoms with van der Waals surface area (Å²) in [4.78, 5) is 13.1. The van der Waals surface area contributed by atoms with Crippen LogP contribution in [0, 0.1) is 5.41 Å². The van der Waals surface area contributed by atoms with E-state index < -0.39 is 0 Å². The molecular weight excluding hydrogens is 156 g/mol. The largest absolute Gasteiger partial charge is 0.336 e. The van der Waals surface area contributed by atoms with Gasteiger partial charge in [-0.25, -0.2) is 0 Å². The highest BCUT2D eigenvalue weighted by Crippen LogP contribution is 2.08. The molecule has 0 aliphatic carbocycles. The topological polar surface area (TPSA) is 55.2 Å². The molecule has 1 aromatic heterocycles. The number of nitrogens with zero attached hydrogens (tertiary/aromatic N) is 1. The maximum Gasteiger partial charge on any atom is 0.183 e. The second-order valence-electron chi connectivity index (χ2n) is 2.25. The first kappa shape index (κ1) is 8.67. The molecule has 0 atom stereocenters. The number of hydrogen-bond donors (Lipinski definition) is 1. The summed E-state index contributed by atoms with van der Waals surface area (Å²) >= 11 is 0. The molecule has 1 N–H and O–H groups in total. The molecule has 0 fully saturated rings. The fourth-order valence-electron chi connectivity index (χ4n) is 0.748. The Hall–Kier alpha value is -1.42. The van der Waals surface area contributed by atoms with E-state index in [9.17, 15) is 0 Å². The summed E-state index contributed by atoms with van der Waals surface area (Å²) in [5, 5.41) is 7.27. The van der Waals surface area contributed by atoms with E-state index in [1.54, 1.807) is 19.1 Å². The average molecular weight is 166 g/mol. The van der Waals surface area contributed by atoms with Crippen molar-refractivity contribution >= 4 is 5.71 Å². The standard InChI is InChI=1S/C8H10N2O2/c1-6(9)8-4-3-7(5-10-8)12-11-2/h3-5,9H,1-2H3. The minimum atomic E-state index is 0.430. The van der Waals surface area contributed by atoms with Crippen molar-refractivity contribution in [3.05, 3.63) is 24.0 Å². The summed E-state index contributed by atoms with van der Waals surface area (Å²) in [7, 11) is 1.43. The van der Waals surface area contributed by atoms with Crippen LogP contribution in [0.3, 0.4) is 0 Å². The molecule has 0 bridgehead atoms. The van der Waals surface area contributed by atoms with Gasteiger partial charge in [0.15, 0.2) is 5.75 Å². The van der Waals surface area contributed by atoms with Gasteiger partial charge in [-0.2, -0.15) is 4.89 Å². The molecule has 0 spiro atoms. The van der Waals surface area contributed by atoms with E-state index in [4.69, 9.17) is 10.3 Å². The number of aromatic nitrogens is 1. The highest BCUT2D eigenvalue weighted by atomic mass is 17.2. The Kier molecular flexibility index (Phi) is 2.76. The zero-order valence-electron chi connectivity index (χ0n) is 7.00.